The predicted molar refractivity (Wildman–Crippen MR) is 39.1 cm³/mol. The van der Waals surface area contributed by atoms with Crippen molar-refractivity contribution in [2.24, 2.45) is 5.11 Å². The molecule has 0 saturated carbocycles. The van der Waals surface area contributed by atoms with Gasteiger partial charge in [-0.15, -0.1) is 0 Å². The van der Waals surface area contributed by atoms with E-state index in [0.29, 0.717) is 12.8 Å². The summed E-state index contributed by atoms with van der Waals surface area (Å²) in [6, 6.07) is 0. The van der Waals surface area contributed by atoms with Crippen LogP contribution in [-0.2, 0) is 9.53 Å². The Labute approximate surface area is 68.8 Å². The van der Waals surface area contributed by atoms with Crippen LogP contribution in [0.2, 0.25) is 0 Å². The zero-order valence-corrected chi connectivity index (χ0v) is 6.38. The van der Waals surface area contributed by atoms with E-state index in [4.69, 9.17) is 10.3 Å². The number of esters is 1. The summed E-state index contributed by atoms with van der Waals surface area (Å²) in [7, 11) is 0. The van der Waals surface area contributed by atoms with Crippen molar-refractivity contribution in [3.05, 3.63) is 10.4 Å². The highest BCUT2D eigenvalue weighted by atomic mass is 16.6. The second-order valence-electron chi connectivity index (χ2n) is 2.55. The molecule has 0 aliphatic carbocycles. The van der Waals surface area contributed by atoms with Gasteiger partial charge in [0.05, 0.1) is 12.6 Å². The number of nitrogens with zero attached hydrogens (tertiary/aromatic N) is 3. The molecule has 0 unspecified atom stereocenters. The summed E-state index contributed by atoms with van der Waals surface area (Å²) in [5.41, 5.74) is 7.95. The Bertz CT molecular complexity index is 224. The fourth-order valence-electron chi connectivity index (χ4n) is 1.06. The minimum Gasteiger partial charge on any atom is -0.460 e. The maximum Gasteiger partial charge on any atom is 0.306 e. The van der Waals surface area contributed by atoms with Gasteiger partial charge in [-0.3, -0.25) is 4.79 Å². The summed E-state index contributed by atoms with van der Waals surface area (Å²) >= 11 is 0. The SMILES string of the molecule is [N-]=[N+]=NC[C@@H](O)[C@@H]1CCC(=O)O1. The van der Waals surface area contributed by atoms with E-state index in [0.717, 1.165) is 0 Å². The molecule has 0 amide bonds. The number of hydrogen-bond donors (Lipinski definition) is 1. The van der Waals surface area contributed by atoms with Gasteiger partial charge in [-0.2, -0.15) is 0 Å². The maximum absolute atomic E-state index is 10.6. The lowest BCUT2D eigenvalue weighted by molar-refractivity contribution is -0.145. The summed E-state index contributed by atoms with van der Waals surface area (Å²) < 4.78 is 4.75. The highest BCUT2D eigenvalue weighted by Crippen LogP contribution is 2.17. The summed E-state index contributed by atoms with van der Waals surface area (Å²) in [6.07, 6.45) is -0.533. The zero-order chi connectivity index (χ0) is 8.97. The molecule has 2 atom stereocenters. The molecule has 1 fully saturated rings. The summed E-state index contributed by atoms with van der Waals surface area (Å²) in [5, 5.41) is 12.4. The fourth-order valence-corrected chi connectivity index (χ4v) is 1.06. The Morgan fingerprint density at radius 2 is 2.67 bits per heavy atom. The fraction of sp³-hybridized carbons (Fsp3) is 0.833. The number of cyclic esters (lactones) is 1. The van der Waals surface area contributed by atoms with Gasteiger partial charge in [-0.05, 0) is 12.0 Å². The lowest BCUT2D eigenvalue weighted by atomic mass is 10.1. The van der Waals surface area contributed by atoms with Gasteiger partial charge in [0.1, 0.15) is 6.10 Å². The van der Waals surface area contributed by atoms with Crippen molar-refractivity contribution >= 4 is 5.97 Å². The van der Waals surface area contributed by atoms with Gasteiger partial charge in [-0.1, -0.05) is 5.11 Å². The van der Waals surface area contributed by atoms with Gasteiger partial charge in [0.25, 0.3) is 0 Å². The van der Waals surface area contributed by atoms with Gasteiger partial charge in [0.2, 0.25) is 0 Å². The number of carbonyl (C=O) groups excluding carboxylic acids is 1. The second kappa shape index (κ2) is 3.94. The molecule has 12 heavy (non-hydrogen) atoms. The number of carbonyl (C=O) groups is 1. The van der Waals surface area contributed by atoms with Crippen molar-refractivity contribution in [1.29, 1.82) is 0 Å². The van der Waals surface area contributed by atoms with E-state index < -0.39 is 12.2 Å². The van der Waals surface area contributed by atoms with E-state index in [1.54, 1.807) is 0 Å². The molecule has 66 valence electrons. The first kappa shape index (κ1) is 8.83. The Balaban J connectivity index is 2.37. The van der Waals surface area contributed by atoms with Crippen LogP contribution in [0.3, 0.4) is 0 Å². The summed E-state index contributed by atoms with van der Waals surface area (Å²) in [5.74, 6) is -0.306. The molecule has 1 N–H and O–H groups in total. The Hall–Kier alpha value is -1.26. The molecule has 0 spiro atoms. The van der Waals surface area contributed by atoms with Crippen molar-refractivity contribution in [3.63, 3.8) is 0 Å². The summed E-state index contributed by atoms with van der Waals surface area (Å²) in [6.45, 7) is -0.0472. The van der Waals surface area contributed by atoms with Crippen molar-refractivity contribution in [2.45, 2.75) is 25.0 Å². The van der Waals surface area contributed by atoms with Crippen LogP contribution in [-0.4, -0.2) is 29.8 Å². The molecule has 0 aromatic heterocycles. The van der Waals surface area contributed by atoms with Crippen molar-refractivity contribution in [3.8, 4) is 0 Å². The molecular weight excluding hydrogens is 162 g/mol. The van der Waals surface area contributed by atoms with Gasteiger partial charge >= 0.3 is 5.97 Å². The Morgan fingerprint density at radius 1 is 1.92 bits per heavy atom. The highest BCUT2D eigenvalue weighted by Gasteiger charge is 2.29. The number of rotatable bonds is 3. The number of ether oxygens (including phenoxy) is 1. The summed E-state index contributed by atoms with van der Waals surface area (Å²) in [4.78, 5) is 13.1. The van der Waals surface area contributed by atoms with Crippen molar-refractivity contribution < 1.29 is 14.6 Å². The van der Waals surface area contributed by atoms with Crippen molar-refractivity contribution in [1.82, 2.24) is 0 Å². The lowest BCUT2D eigenvalue weighted by Gasteiger charge is -2.13. The van der Waals surface area contributed by atoms with Crippen LogP contribution in [0.25, 0.3) is 10.4 Å². The number of aliphatic hydroxyl groups excluding tert-OH is 1. The van der Waals surface area contributed by atoms with Gasteiger partial charge in [-0.25, -0.2) is 0 Å². The minimum absolute atomic E-state index is 0.0472. The van der Waals surface area contributed by atoms with Crippen molar-refractivity contribution in [2.75, 3.05) is 6.54 Å². The molecular formula is C6H9N3O3. The van der Waals surface area contributed by atoms with Crippen LogP contribution in [0.5, 0.6) is 0 Å². The number of aliphatic hydroxyl groups is 1. The van der Waals surface area contributed by atoms with Gasteiger partial charge in [0, 0.05) is 11.3 Å². The van der Waals surface area contributed by atoms with Crippen LogP contribution in [0.1, 0.15) is 12.8 Å². The van der Waals surface area contributed by atoms with Crippen LogP contribution in [0.4, 0.5) is 0 Å². The van der Waals surface area contributed by atoms with E-state index >= 15 is 0 Å². The van der Waals surface area contributed by atoms with Gasteiger partial charge in [0.15, 0.2) is 0 Å². The van der Waals surface area contributed by atoms with Gasteiger partial charge < -0.3 is 9.84 Å². The second-order valence-corrected chi connectivity index (χ2v) is 2.55. The zero-order valence-electron chi connectivity index (χ0n) is 6.38. The van der Waals surface area contributed by atoms with E-state index in [9.17, 15) is 9.90 Å². The molecule has 6 heteroatoms. The molecule has 1 aliphatic heterocycles. The maximum atomic E-state index is 10.6. The third-order valence-electron chi connectivity index (χ3n) is 1.68. The first-order valence-electron chi connectivity index (χ1n) is 3.62. The molecule has 1 saturated heterocycles. The minimum atomic E-state index is -0.868. The standard InChI is InChI=1S/C6H9N3O3/c7-9-8-3-4(10)5-1-2-6(11)12-5/h4-5,10H,1-3H2/t4-,5+/m1/s1. The third kappa shape index (κ3) is 2.11. The number of azide groups is 1. The largest absolute Gasteiger partial charge is 0.460 e. The monoisotopic (exact) mass is 171 g/mol. The van der Waals surface area contributed by atoms with E-state index in [1.807, 2.05) is 0 Å². The first-order chi connectivity index (χ1) is 5.74. The molecule has 0 aromatic carbocycles. The normalized spacial score (nSPS) is 24.4. The topological polar surface area (TPSA) is 95.3 Å². The lowest BCUT2D eigenvalue weighted by Crippen LogP contribution is -2.28. The van der Waals surface area contributed by atoms with E-state index in [-0.39, 0.29) is 12.5 Å². The van der Waals surface area contributed by atoms with Crippen LogP contribution < -0.4 is 0 Å². The molecule has 1 heterocycles. The Kier molecular flexibility index (Phi) is 2.90. The molecule has 0 bridgehead atoms. The molecule has 1 aliphatic rings. The van der Waals surface area contributed by atoms with Crippen LogP contribution in [0.15, 0.2) is 5.11 Å². The molecule has 0 radical (unpaired) electrons. The predicted octanol–water partition coefficient (Wildman–Crippen LogP) is 0.363. The Morgan fingerprint density at radius 3 is 3.17 bits per heavy atom. The van der Waals surface area contributed by atoms with E-state index in [2.05, 4.69) is 10.0 Å². The third-order valence-corrected chi connectivity index (χ3v) is 1.68. The molecule has 0 aromatic rings. The molecule has 6 nitrogen and oxygen atoms in total. The smallest absolute Gasteiger partial charge is 0.306 e. The number of hydrogen-bond acceptors (Lipinski definition) is 4. The average molecular weight is 171 g/mol. The van der Waals surface area contributed by atoms with Crippen LogP contribution in [0, 0.1) is 0 Å². The van der Waals surface area contributed by atoms with Crippen LogP contribution >= 0.6 is 0 Å². The first-order valence-corrected chi connectivity index (χ1v) is 3.62. The quantitative estimate of drug-likeness (QED) is 0.287. The molecule has 1 rings (SSSR count). The highest BCUT2D eigenvalue weighted by molar-refractivity contribution is 5.71. The average Bonchev–Trinajstić information content (AvgIpc) is 2.47. The van der Waals surface area contributed by atoms with E-state index in [1.165, 1.54) is 0 Å².